The van der Waals surface area contributed by atoms with Crippen LogP contribution in [0.2, 0.25) is 0 Å². The lowest BCUT2D eigenvalue weighted by atomic mass is 10.2. The predicted octanol–water partition coefficient (Wildman–Crippen LogP) is 1.49. The van der Waals surface area contributed by atoms with Crippen molar-refractivity contribution in [2.45, 2.75) is 6.61 Å². The van der Waals surface area contributed by atoms with Crippen molar-refractivity contribution in [3.63, 3.8) is 0 Å². The fourth-order valence-corrected chi connectivity index (χ4v) is 1.72. The highest BCUT2D eigenvalue weighted by atomic mass is 19.3. The molecule has 0 saturated heterocycles. The van der Waals surface area contributed by atoms with Crippen LogP contribution >= 0.6 is 0 Å². The number of hydrogen-bond donors (Lipinski definition) is 0. The number of carbonyl (C=O) groups excluding carboxylic acids is 1. The molecule has 0 bridgehead atoms. The average molecular weight is 336 g/mol. The molecule has 0 aliphatic rings. The standard InChI is InChI=1S/C15H14F2N4O3/c1-20(2)5-3-12(22)14-13(23)4-6-21(19-14)10-7-11(9-18-8-10)24-15(16)17/h3-9,15H,1-2H3. The zero-order valence-electron chi connectivity index (χ0n) is 12.9. The van der Waals surface area contributed by atoms with Crippen molar-refractivity contribution in [3.8, 4) is 11.4 Å². The van der Waals surface area contributed by atoms with Gasteiger partial charge in [0.1, 0.15) is 5.75 Å². The Labute approximate surface area is 135 Å². The fourth-order valence-electron chi connectivity index (χ4n) is 1.72. The van der Waals surface area contributed by atoms with Crippen LogP contribution in [0.5, 0.6) is 5.75 Å². The first kappa shape index (κ1) is 17.3. The molecule has 0 radical (unpaired) electrons. The number of hydrogen-bond acceptors (Lipinski definition) is 6. The van der Waals surface area contributed by atoms with Gasteiger partial charge in [0.2, 0.25) is 11.2 Å². The van der Waals surface area contributed by atoms with Crippen molar-refractivity contribution >= 4 is 5.78 Å². The molecule has 0 amide bonds. The predicted molar refractivity (Wildman–Crippen MR) is 81.4 cm³/mol. The van der Waals surface area contributed by atoms with Crippen molar-refractivity contribution in [3.05, 3.63) is 58.9 Å². The Bertz CT molecular complexity index is 818. The maximum atomic E-state index is 12.3. The van der Waals surface area contributed by atoms with Gasteiger partial charge in [-0.25, -0.2) is 4.68 Å². The number of rotatable bonds is 6. The number of allylic oxidation sites excluding steroid dienone is 1. The molecule has 9 heteroatoms. The Morgan fingerprint density at radius 1 is 1.38 bits per heavy atom. The maximum absolute atomic E-state index is 12.3. The molecular weight excluding hydrogens is 322 g/mol. The van der Waals surface area contributed by atoms with Gasteiger partial charge in [-0.3, -0.25) is 14.6 Å². The van der Waals surface area contributed by atoms with E-state index in [4.69, 9.17) is 0 Å². The summed E-state index contributed by atoms with van der Waals surface area (Å²) in [5.74, 6) is -0.737. The van der Waals surface area contributed by atoms with E-state index in [0.29, 0.717) is 0 Å². The fraction of sp³-hybridized carbons (Fsp3) is 0.200. The highest BCUT2D eigenvalue weighted by Crippen LogP contribution is 2.16. The number of nitrogens with zero attached hydrogens (tertiary/aromatic N) is 4. The third-order valence-corrected chi connectivity index (χ3v) is 2.75. The Balaban J connectivity index is 2.38. The van der Waals surface area contributed by atoms with Gasteiger partial charge in [0.05, 0.1) is 18.1 Å². The molecule has 24 heavy (non-hydrogen) atoms. The molecule has 2 aromatic rings. The molecule has 126 valence electrons. The van der Waals surface area contributed by atoms with Gasteiger partial charge in [0.25, 0.3) is 0 Å². The number of aromatic nitrogens is 3. The number of halogens is 2. The number of pyridine rings is 1. The summed E-state index contributed by atoms with van der Waals surface area (Å²) >= 11 is 0. The van der Waals surface area contributed by atoms with E-state index in [-0.39, 0.29) is 17.1 Å². The minimum absolute atomic E-state index is 0.164. The molecule has 0 spiro atoms. The van der Waals surface area contributed by atoms with Crippen LogP contribution in [0, 0.1) is 0 Å². The zero-order chi connectivity index (χ0) is 17.7. The van der Waals surface area contributed by atoms with Gasteiger partial charge in [-0.2, -0.15) is 13.9 Å². The van der Waals surface area contributed by atoms with Gasteiger partial charge in [-0.1, -0.05) is 0 Å². The van der Waals surface area contributed by atoms with Gasteiger partial charge in [-0.15, -0.1) is 0 Å². The largest absolute Gasteiger partial charge is 0.433 e. The van der Waals surface area contributed by atoms with Crippen LogP contribution in [0.4, 0.5) is 8.78 Å². The number of alkyl halides is 2. The lowest BCUT2D eigenvalue weighted by Crippen LogP contribution is -2.20. The summed E-state index contributed by atoms with van der Waals surface area (Å²) in [6.45, 7) is -2.99. The molecule has 2 heterocycles. The Kier molecular flexibility index (Phi) is 5.35. The molecule has 0 atom stereocenters. The van der Waals surface area contributed by atoms with Gasteiger partial charge >= 0.3 is 6.61 Å². The van der Waals surface area contributed by atoms with Crippen LogP contribution in [0.3, 0.4) is 0 Å². The Hall–Kier alpha value is -3.10. The van der Waals surface area contributed by atoms with Crippen LogP contribution < -0.4 is 10.2 Å². The van der Waals surface area contributed by atoms with Crippen molar-refractivity contribution in [2.24, 2.45) is 0 Å². The second kappa shape index (κ2) is 7.44. The summed E-state index contributed by atoms with van der Waals surface area (Å²) in [6, 6.07) is 2.42. The molecule has 0 unspecified atom stereocenters. The molecule has 7 nitrogen and oxygen atoms in total. The second-order valence-corrected chi connectivity index (χ2v) is 4.87. The van der Waals surface area contributed by atoms with Crippen molar-refractivity contribution in [2.75, 3.05) is 14.1 Å². The molecule has 0 aliphatic heterocycles. The van der Waals surface area contributed by atoms with Gasteiger partial charge < -0.3 is 9.64 Å². The van der Waals surface area contributed by atoms with E-state index < -0.39 is 17.8 Å². The third kappa shape index (κ3) is 4.45. The SMILES string of the molecule is CN(C)C=CC(=O)c1nn(-c2cncc(OC(F)F)c2)ccc1=O. The smallest absolute Gasteiger partial charge is 0.387 e. The van der Waals surface area contributed by atoms with Crippen LogP contribution in [0.25, 0.3) is 5.69 Å². The number of ketones is 1. The van der Waals surface area contributed by atoms with Crippen molar-refractivity contribution in [1.82, 2.24) is 19.7 Å². The molecule has 0 saturated carbocycles. The van der Waals surface area contributed by atoms with E-state index in [1.165, 1.54) is 35.4 Å². The lowest BCUT2D eigenvalue weighted by Gasteiger charge is -2.08. The van der Waals surface area contributed by atoms with E-state index >= 15 is 0 Å². The van der Waals surface area contributed by atoms with Crippen molar-refractivity contribution < 1.29 is 18.3 Å². The first-order valence-corrected chi connectivity index (χ1v) is 6.76. The van der Waals surface area contributed by atoms with Gasteiger partial charge in [-0.05, 0) is 0 Å². The summed E-state index contributed by atoms with van der Waals surface area (Å²) in [5, 5.41) is 3.94. The Morgan fingerprint density at radius 2 is 2.12 bits per heavy atom. The minimum atomic E-state index is -2.99. The second-order valence-electron chi connectivity index (χ2n) is 4.87. The van der Waals surface area contributed by atoms with Gasteiger partial charge in [0, 0.05) is 44.7 Å². The van der Waals surface area contributed by atoms with Crippen LogP contribution in [-0.4, -0.2) is 46.2 Å². The van der Waals surface area contributed by atoms with E-state index in [0.717, 1.165) is 12.3 Å². The Morgan fingerprint density at radius 3 is 2.79 bits per heavy atom. The molecule has 0 aromatic carbocycles. The normalized spacial score (nSPS) is 11.0. The topological polar surface area (TPSA) is 77.3 Å². The van der Waals surface area contributed by atoms with Gasteiger partial charge in [0.15, 0.2) is 5.69 Å². The first-order chi connectivity index (χ1) is 11.4. The van der Waals surface area contributed by atoms with Crippen molar-refractivity contribution in [1.29, 1.82) is 0 Å². The summed E-state index contributed by atoms with van der Waals surface area (Å²) in [7, 11) is 3.45. The van der Waals surface area contributed by atoms with E-state index in [1.807, 2.05) is 0 Å². The van der Waals surface area contributed by atoms with Crippen LogP contribution in [-0.2, 0) is 0 Å². The van der Waals surface area contributed by atoms with Crippen LogP contribution in [0.1, 0.15) is 10.5 Å². The molecule has 2 rings (SSSR count). The highest BCUT2D eigenvalue weighted by molar-refractivity contribution is 6.02. The van der Waals surface area contributed by atoms with Crippen LogP contribution in [0.15, 0.2) is 47.8 Å². The molecule has 0 fully saturated rings. The van der Waals surface area contributed by atoms with E-state index in [1.54, 1.807) is 19.0 Å². The summed E-state index contributed by atoms with van der Waals surface area (Å²) in [4.78, 5) is 29.3. The molecule has 0 N–H and O–H groups in total. The lowest BCUT2D eigenvalue weighted by molar-refractivity contribution is -0.0500. The van der Waals surface area contributed by atoms with E-state index in [2.05, 4.69) is 14.8 Å². The molecular formula is C15H14F2N4O3. The maximum Gasteiger partial charge on any atom is 0.387 e. The quantitative estimate of drug-likeness (QED) is 0.587. The molecule has 2 aromatic heterocycles. The van der Waals surface area contributed by atoms with E-state index in [9.17, 15) is 18.4 Å². The zero-order valence-corrected chi connectivity index (χ0v) is 12.9. The summed E-state index contributed by atoms with van der Waals surface area (Å²) < 4.78 is 30.0. The first-order valence-electron chi connectivity index (χ1n) is 6.76. The minimum Gasteiger partial charge on any atom is -0.433 e. The molecule has 0 aliphatic carbocycles. The monoisotopic (exact) mass is 336 g/mol. The number of carbonyl (C=O) groups is 1. The number of ether oxygens (including phenoxy) is 1. The average Bonchev–Trinajstić information content (AvgIpc) is 2.52. The summed E-state index contributed by atoms with van der Waals surface area (Å²) in [6.07, 6.45) is 6.45. The highest BCUT2D eigenvalue weighted by Gasteiger charge is 2.12. The third-order valence-electron chi connectivity index (χ3n) is 2.75. The summed E-state index contributed by atoms with van der Waals surface area (Å²) in [5.41, 5.74) is -0.581.